The van der Waals surface area contributed by atoms with Crippen molar-refractivity contribution in [1.29, 1.82) is 0 Å². The van der Waals surface area contributed by atoms with Crippen molar-refractivity contribution in [1.82, 2.24) is 0 Å². The molecule has 0 bridgehead atoms. The van der Waals surface area contributed by atoms with Crippen molar-refractivity contribution in [3.05, 3.63) is 0 Å². The summed E-state index contributed by atoms with van der Waals surface area (Å²) in [7, 11) is 0. The van der Waals surface area contributed by atoms with Crippen LogP contribution < -0.4 is 0 Å². The zero-order chi connectivity index (χ0) is 12.2. The second-order valence-corrected chi connectivity index (χ2v) is 5.26. The average Bonchev–Trinajstić information content (AvgIpc) is 2.70. The molecule has 98 valence electrons. The van der Waals surface area contributed by atoms with Gasteiger partial charge in [0.2, 0.25) is 0 Å². The molecular formula is C13H22O4. The van der Waals surface area contributed by atoms with Gasteiger partial charge in [-0.05, 0) is 32.6 Å². The van der Waals surface area contributed by atoms with E-state index in [0.717, 1.165) is 38.4 Å². The van der Waals surface area contributed by atoms with Crippen LogP contribution in [-0.2, 0) is 19.0 Å². The van der Waals surface area contributed by atoms with Gasteiger partial charge < -0.3 is 19.0 Å². The summed E-state index contributed by atoms with van der Waals surface area (Å²) in [5, 5.41) is 0. The summed E-state index contributed by atoms with van der Waals surface area (Å²) in [6, 6.07) is 0. The van der Waals surface area contributed by atoms with E-state index in [1.165, 1.54) is 0 Å². The highest BCUT2D eigenvalue weighted by molar-refractivity contribution is 5.48. The molecule has 17 heavy (non-hydrogen) atoms. The molecule has 0 N–H and O–H groups in total. The van der Waals surface area contributed by atoms with E-state index in [9.17, 15) is 4.79 Å². The van der Waals surface area contributed by atoms with Crippen molar-refractivity contribution in [2.45, 2.75) is 56.8 Å². The molecule has 2 rings (SSSR count). The fraction of sp³-hybridized carbons (Fsp3) is 0.923. The number of hydrogen-bond donors (Lipinski definition) is 0. The highest BCUT2D eigenvalue weighted by atomic mass is 16.8. The van der Waals surface area contributed by atoms with E-state index in [-0.39, 0.29) is 5.60 Å². The molecule has 4 heteroatoms. The maximum absolute atomic E-state index is 10.3. The van der Waals surface area contributed by atoms with Gasteiger partial charge in [0.05, 0.1) is 18.8 Å². The molecule has 2 aliphatic rings. The lowest BCUT2D eigenvalue weighted by molar-refractivity contribution is -0.208. The molecule has 0 amide bonds. The highest BCUT2D eigenvalue weighted by Crippen LogP contribution is 2.36. The SMILES string of the molecule is CC1(CCCC=O)CCCC2(CO1)OCCO2. The first kappa shape index (κ1) is 13.0. The number of hydrogen-bond acceptors (Lipinski definition) is 4. The summed E-state index contributed by atoms with van der Waals surface area (Å²) in [5.74, 6) is -0.484. The summed E-state index contributed by atoms with van der Waals surface area (Å²) in [4.78, 5) is 10.3. The lowest BCUT2D eigenvalue weighted by atomic mass is 9.93. The zero-order valence-corrected chi connectivity index (χ0v) is 10.6. The number of rotatable bonds is 4. The maximum atomic E-state index is 10.3. The summed E-state index contributed by atoms with van der Waals surface area (Å²) in [6.45, 7) is 3.99. The average molecular weight is 242 g/mol. The molecule has 1 unspecified atom stereocenters. The van der Waals surface area contributed by atoms with Gasteiger partial charge >= 0.3 is 0 Å². The van der Waals surface area contributed by atoms with E-state index in [2.05, 4.69) is 6.92 Å². The van der Waals surface area contributed by atoms with Crippen LogP contribution in [0.15, 0.2) is 0 Å². The van der Waals surface area contributed by atoms with E-state index >= 15 is 0 Å². The molecule has 2 fully saturated rings. The van der Waals surface area contributed by atoms with E-state index in [0.29, 0.717) is 26.2 Å². The fourth-order valence-electron chi connectivity index (χ4n) is 2.64. The Balaban J connectivity index is 1.87. The van der Waals surface area contributed by atoms with Crippen molar-refractivity contribution in [2.24, 2.45) is 0 Å². The molecule has 0 aromatic heterocycles. The minimum absolute atomic E-state index is 0.123. The van der Waals surface area contributed by atoms with Crippen molar-refractivity contribution in [3.8, 4) is 0 Å². The molecule has 0 radical (unpaired) electrons. The molecule has 1 spiro atoms. The van der Waals surface area contributed by atoms with Crippen molar-refractivity contribution >= 4 is 6.29 Å². The predicted molar refractivity (Wildman–Crippen MR) is 62.8 cm³/mol. The van der Waals surface area contributed by atoms with Crippen molar-refractivity contribution < 1.29 is 19.0 Å². The van der Waals surface area contributed by atoms with Crippen LogP contribution in [0.25, 0.3) is 0 Å². The van der Waals surface area contributed by atoms with Crippen LogP contribution in [0.1, 0.15) is 45.4 Å². The number of aldehydes is 1. The Morgan fingerprint density at radius 3 is 2.65 bits per heavy atom. The largest absolute Gasteiger partial charge is 0.370 e. The molecular weight excluding hydrogens is 220 g/mol. The van der Waals surface area contributed by atoms with Gasteiger partial charge in [-0.15, -0.1) is 0 Å². The second kappa shape index (κ2) is 5.46. The van der Waals surface area contributed by atoms with Gasteiger partial charge in [-0.3, -0.25) is 0 Å². The number of carbonyl (C=O) groups is 1. The Morgan fingerprint density at radius 2 is 1.94 bits per heavy atom. The van der Waals surface area contributed by atoms with Gasteiger partial charge in [0.25, 0.3) is 0 Å². The summed E-state index contributed by atoms with van der Waals surface area (Å²) < 4.78 is 17.4. The minimum atomic E-state index is -0.484. The Morgan fingerprint density at radius 1 is 1.18 bits per heavy atom. The first-order valence-corrected chi connectivity index (χ1v) is 6.54. The van der Waals surface area contributed by atoms with Crippen LogP contribution in [-0.4, -0.2) is 37.5 Å². The third-order valence-electron chi connectivity index (χ3n) is 3.74. The number of ether oxygens (including phenoxy) is 3. The summed E-state index contributed by atoms with van der Waals surface area (Å²) in [5.41, 5.74) is -0.123. The van der Waals surface area contributed by atoms with Gasteiger partial charge in [-0.1, -0.05) is 0 Å². The zero-order valence-electron chi connectivity index (χ0n) is 10.6. The molecule has 0 aromatic carbocycles. The monoisotopic (exact) mass is 242 g/mol. The second-order valence-electron chi connectivity index (χ2n) is 5.26. The van der Waals surface area contributed by atoms with E-state index in [4.69, 9.17) is 14.2 Å². The molecule has 0 saturated carbocycles. The lowest BCUT2D eigenvalue weighted by Crippen LogP contribution is -2.37. The Bertz CT molecular complexity index is 260. The molecule has 0 aliphatic carbocycles. The van der Waals surface area contributed by atoms with Gasteiger partial charge in [-0.25, -0.2) is 0 Å². The molecule has 4 nitrogen and oxygen atoms in total. The highest BCUT2D eigenvalue weighted by Gasteiger charge is 2.42. The van der Waals surface area contributed by atoms with E-state index in [1.54, 1.807) is 0 Å². The predicted octanol–water partition coefficient (Wildman–Crippen LogP) is 2.06. The van der Waals surface area contributed by atoms with E-state index < -0.39 is 5.79 Å². The third kappa shape index (κ3) is 3.27. The van der Waals surface area contributed by atoms with E-state index in [1.807, 2.05) is 0 Å². The number of carbonyl (C=O) groups excluding carboxylic acids is 1. The van der Waals surface area contributed by atoms with Crippen LogP contribution in [0.3, 0.4) is 0 Å². The topological polar surface area (TPSA) is 44.8 Å². The lowest BCUT2D eigenvalue weighted by Gasteiger charge is -2.30. The van der Waals surface area contributed by atoms with Gasteiger partial charge in [0.15, 0.2) is 5.79 Å². The molecule has 2 heterocycles. The first-order valence-electron chi connectivity index (χ1n) is 6.54. The molecule has 2 aliphatic heterocycles. The first-order chi connectivity index (χ1) is 8.18. The van der Waals surface area contributed by atoms with Crippen molar-refractivity contribution in [3.63, 3.8) is 0 Å². The number of unbranched alkanes of at least 4 members (excludes halogenated alkanes) is 1. The maximum Gasteiger partial charge on any atom is 0.191 e. The molecule has 1 atom stereocenters. The Hall–Kier alpha value is -0.450. The van der Waals surface area contributed by atoms with Crippen LogP contribution in [0, 0.1) is 0 Å². The summed E-state index contributed by atoms with van der Waals surface area (Å²) in [6.07, 6.45) is 6.41. The fourth-order valence-corrected chi connectivity index (χ4v) is 2.64. The Kier molecular flexibility index (Phi) is 4.17. The molecule has 2 saturated heterocycles. The standard InChI is InChI=1S/C13H22O4/c1-12(5-2-3-8-14)6-4-7-13(11-17-12)15-9-10-16-13/h8H,2-7,9-11H2,1H3. The van der Waals surface area contributed by atoms with Crippen LogP contribution in [0.4, 0.5) is 0 Å². The summed E-state index contributed by atoms with van der Waals surface area (Å²) >= 11 is 0. The van der Waals surface area contributed by atoms with Gasteiger partial charge in [0.1, 0.15) is 12.9 Å². The molecule has 0 aromatic rings. The Labute approximate surface area is 103 Å². The van der Waals surface area contributed by atoms with Crippen LogP contribution in [0.2, 0.25) is 0 Å². The van der Waals surface area contributed by atoms with Gasteiger partial charge in [0, 0.05) is 12.8 Å². The van der Waals surface area contributed by atoms with Gasteiger partial charge in [-0.2, -0.15) is 0 Å². The normalized spacial score (nSPS) is 32.5. The quantitative estimate of drug-likeness (QED) is 0.559. The third-order valence-corrected chi connectivity index (χ3v) is 3.74. The smallest absolute Gasteiger partial charge is 0.191 e. The van der Waals surface area contributed by atoms with Crippen LogP contribution >= 0.6 is 0 Å². The minimum Gasteiger partial charge on any atom is -0.370 e. The van der Waals surface area contributed by atoms with Crippen LogP contribution in [0.5, 0.6) is 0 Å². The van der Waals surface area contributed by atoms with Crippen molar-refractivity contribution in [2.75, 3.05) is 19.8 Å².